The first-order chi connectivity index (χ1) is 13.2. The molecule has 0 spiro atoms. The molecule has 0 bridgehead atoms. The van der Waals surface area contributed by atoms with Crippen molar-refractivity contribution in [2.45, 2.75) is 46.3 Å². The van der Waals surface area contributed by atoms with Gasteiger partial charge in [-0.1, -0.05) is 6.92 Å². The van der Waals surface area contributed by atoms with Gasteiger partial charge in [0.1, 0.15) is 40.7 Å². The van der Waals surface area contributed by atoms with Crippen molar-refractivity contribution in [3.05, 3.63) is 45.6 Å². The molecule has 2 aromatic heterocycles. The number of H-pyrrole nitrogens is 1. The lowest BCUT2D eigenvalue weighted by Gasteiger charge is -2.14. The molecular formula is C20H22N2O6. The minimum Gasteiger partial charge on any atom is -0.457 e. The molecular weight excluding hydrogens is 364 g/mol. The van der Waals surface area contributed by atoms with Gasteiger partial charge in [-0.3, -0.25) is 4.79 Å². The van der Waals surface area contributed by atoms with Gasteiger partial charge in [0, 0.05) is 18.0 Å². The number of ether oxygens (including phenoxy) is 1. The molecule has 3 rings (SSSR count). The third-order valence-electron chi connectivity index (χ3n) is 4.35. The Balaban J connectivity index is 2.28. The van der Waals surface area contributed by atoms with Gasteiger partial charge < -0.3 is 24.4 Å². The van der Waals surface area contributed by atoms with Gasteiger partial charge >= 0.3 is 5.97 Å². The summed E-state index contributed by atoms with van der Waals surface area (Å²) in [6.45, 7) is 6.44. The summed E-state index contributed by atoms with van der Waals surface area (Å²) >= 11 is 0. The summed E-state index contributed by atoms with van der Waals surface area (Å²) < 4.78 is 11.0. The molecule has 2 unspecified atom stereocenters. The number of hydrogen-bond acceptors (Lipinski definition) is 7. The first-order valence-electron chi connectivity index (χ1n) is 8.96. The van der Waals surface area contributed by atoms with Crippen molar-refractivity contribution in [3.8, 4) is 17.1 Å². The summed E-state index contributed by atoms with van der Waals surface area (Å²) in [6, 6.07) is 3.02. The smallest absolute Gasteiger partial charge is 0.340 e. The molecule has 2 heterocycles. The molecule has 1 aromatic carbocycles. The van der Waals surface area contributed by atoms with Crippen LogP contribution in [0.3, 0.4) is 0 Å². The highest BCUT2D eigenvalue weighted by molar-refractivity contribution is 5.85. The van der Waals surface area contributed by atoms with Crippen LogP contribution in [0.5, 0.6) is 5.75 Å². The third-order valence-corrected chi connectivity index (χ3v) is 4.35. The maximum Gasteiger partial charge on any atom is 0.340 e. The maximum atomic E-state index is 13.2. The number of nitrogens with one attached hydrogen (secondary N) is 1. The van der Waals surface area contributed by atoms with E-state index in [1.54, 1.807) is 19.2 Å². The van der Waals surface area contributed by atoms with E-state index in [1.807, 2.05) is 6.92 Å². The first kappa shape index (κ1) is 19.8. The van der Waals surface area contributed by atoms with E-state index < -0.39 is 18.2 Å². The number of hydrogen-bond donors (Lipinski definition) is 3. The van der Waals surface area contributed by atoms with Gasteiger partial charge in [0.15, 0.2) is 0 Å². The van der Waals surface area contributed by atoms with Crippen LogP contribution in [-0.2, 0) is 11.2 Å². The van der Waals surface area contributed by atoms with Crippen molar-refractivity contribution in [1.29, 1.82) is 0 Å². The van der Waals surface area contributed by atoms with Gasteiger partial charge in [-0.15, -0.1) is 0 Å². The number of esters is 1. The predicted molar refractivity (Wildman–Crippen MR) is 102 cm³/mol. The Labute approximate surface area is 160 Å². The van der Waals surface area contributed by atoms with Gasteiger partial charge in [0.25, 0.3) is 0 Å². The predicted octanol–water partition coefficient (Wildman–Crippen LogP) is 2.39. The molecule has 0 radical (unpaired) electrons. The molecule has 0 aliphatic rings. The van der Waals surface area contributed by atoms with Crippen LogP contribution in [-0.4, -0.2) is 32.3 Å². The van der Waals surface area contributed by atoms with Gasteiger partial charge in [0.05, 0.1) is 5.39 Å². The lowest BCUT2D eigenvalue weighted by molar-refractivity contribution is -0.142. The van der Waals surface area contributed by atoms with E-state index in [0.29, 0.717) is 17.8 Å². The van der Waals surface area contributed by atoms with Crippen molar-refractivity contribution < 1.29 is 24.2 Å². The van der Waals surface area contributed by atoms with Gasteiger partial charge in [-0.05, 0) is 38.8 Å². The molecule has 2 atom stereocenters. The zero-order valence-corrected chi connectivity index (χ0v) is 16.1. The van der Waals surface area contributed by atoms with E-state index in [0.717, 1.165) is 5.69 Å². The van der Waals surface area contributed by atoms with Crippen molar-refractivity contribution in [2.75, 3.05) is 0 Å². The number of aliphatic hydroxyl groups excluding tert-OH is 2. The number of aliphatic hydroxyl groups is 2. The van der Waals surface area contributed by atoms with Crippen molar-refractivity contribution in [2.24, 2.45) is 0 Å². The number of aryl methyl sites for hydroxylation is 2. The van der Waals surface area contributed by atoms with Gasteiger partial charge in [-0.2, -0.15) is 0 Å². The zero-order chi connectivity index (χ0) is 20.6. The summed E-state index contributed by atoms with van der Waals surface area (Å²) in [7, 11) is 0. The molecule has 28 heavy (non-hydrogen) atoms. The molecule has 8 nitrogen and oxygen atoms in total. The highest BCUT2D eigenvalue weighted by Crippen LogP contribution is 2.31. The Bertz CT molecular complexity index is 1090. The Morgan fingerprint density at radius 3 is 2.57 bits per heavy atom. The number of carbonyl (C=O) groups is 1. The largest absolute Gasteiger partial charge is 0.457 e. The van der Waals surface area contributed by atoms with Crippen LogP contribution in [0.4, 0.5) is 0 Å². The van der Waals surface area contributed by atoms with E-state index in [1.165, 1.54) is 19.9 Å². The average molecular weight is 386 g/mol. The van der Waals surface area contributed by atoms with Crippen molar-refractivity contribution >= 4 is 16.9 Å². The molecule has 148 valence electrons. The second-order valence-corrected chi connectivity index (χ2v) is 6.67. The number of aromatic nitrogens is 2. The highest BCUT2D eigenvalue weighted by atomic mass is 16.5. The standard InChI is InChI=1S/C20H22N2O6/c1-5-12-6-13-15(7-14(12)28-20(26)11(4)24)27-18(10(3)23)16(17(13)25)19-21-8-9(2)22-19/h6-8,10-11,23-24H,5H2,1-4H3,(H,21,22). The van der Waals surface area contributed by atoms with Crippen LogP contribution >= 0.6 is 0 Å². The minimum atomic E-state index is -1.29. The van der Waals surface area contributed by atoms with E-state index in [-0.39, 0.29) is 33.5 Å². The fourth-order valence-electron chi connectivity index (χ4n) is 2.91. The summed E-state index contributed by atoms with van der Waals surface area (Å²) in [5, 5.41) is 19.8. The number of nitrogens with zero attached hydrogens (tertiary/aromatic N) is 1. The molecule has 0 saturated heterocycles. The first-order valence-corrected chi connectivity index (χ1v) is 8.96. The maximum absolute atomic E-state index is 13.2. The quantitative estimate of drug-likeness (QED) is 0.454. The monoisotopic (exact) mass is 386 g/mol. The molecule has 0 amide bonds. The lowest BCUT2D eigenvalue weighted by atomic mass is 10.0. The summed E-state index contributed by atoms with van der Waals surface area (Å²) in [5.74, 6) is -0.243. The third kappa shape index (κ3) is 3.56. The van der Waals surface area contributed by atoms with Crippen molar-refractivity contribution in [1.82, 2.24) is 9.97 Å². The second kappa shape index (κ2) is 7.57. The fraction of sp³-hybridized carbons (Fsp3) is 0.350. The Morgan fingerprint density at radius 2 is 2.04 bits per heavy atom. The topological polar surface area (TPSA) is 126 Å². The molecule has 0 saturated carbocycles. The van der Waals surface area contributed by atoms with Crippen LogP contribution in [0.1, 0.15) is 43.9 Å². The van der Waals surface area contributed by atoms with E-state index in [2.05, 4.69) is 9.97 Å². The molecule has 0 fully saturated rings. The van der Waals surface area contributed by atoms with Crippen LogP contribution < -0.4 is 10.2 Å². The number of fused-ring (bicyclic) bond motifs is 1. The van der Waals surface area contributed by atoms with E-state index in [9.17, 15) is 19.8 Å². The summed E-state index contributed by atoms with van der Waals surface area (Å²) in [4.78, 5) is 32.2. The van der Waals surface area contributed by atoms with Crippen molar-refractivity contribution in [3.63, 3.8) is 0 Å². The number of rotatable bonds is 5. The Hall–Kier alpha value is -2.97. The number of aromatic amines is 1. The molecule has 0 aliphatic carbocycles. The molecule has 3 N–H and O–H groups in total. The highest BCUT2D eigenvalue weighted by Gasteiger charge is 2.23. The number of carbonyl (C=O) groups excluding carboxylic acids is 1. The van der Waals surface area contributed by atoms with E-state index >= 15 is 0 Å². The SMILES string of the molecule is CCc1cc2c(=O)c(-c3ncc(C)[nH]3)c(C(C)O)oc2cc1OC(=O)C(C)O. The van der Waals surface area contributed by atoms with Crippen LogP contribution in [0, 0.1) is 6.92 Å². The normalized spacial score (nSPS) is 13.5. The fourth-order valence-corrected chi connectivity index (χ4v) is 2.91. The van der Waals surface area contributed by atoms with Crippen LogP contribution in [0.25, 0.3) is 22.4 Å². The molecule has 8 heteroatoms. The number of benzene rings is 1. The minimum absolute atomic E-state index is 0.0592. The Morgan fingerprint density at radius 1 is 1.32 bits per heavy atom. The Kier molecular flexibility index (Phi) is 5.35. The molecule has 0 aliphatic heterocycles. The second-order valence-electron chi connectivity index (χ2n) is 6.67. The lowest BCUT2D eigenvalue weighted by Crippen LogP contribution is -2.22. The molecule has 3 aromatic rings. The average Bonchev–Trinajstić information content (AvgIpc) is 3.06. The summed E-state index contributed by atoms with van der Waals surface area (Å²) in [5.41, 5.74) is 1.35. The van der Waals surface area contributed by atoms with E-state index in [4.69, 9.17) is 9.15 Å². The number of imidazole rings is 1. The van der Waals surface area contributed by atoms with Gasteiger partial charge in [0.2, 0.25) is 5.43 Å². The summed E-state index contributed by atoms with van der Waals surface area (Å²) in [6.07, 6.45) is -0.275. The van der Waals surface area contributed by atoms with Gasteiger partial charge in [-0.25, -0.2) is 9.78 Å². The zero-order valence-electron chi connectivity index (χ0n) is 16.1. The van der Waals surface area contributed by atoms with Crippen LogP contribution in [0.15, 0.2) is 27.5 Å². The van der Waals surface area contributed by atoms with Crippen LogP contribution in [0.2, 0.25) is 0 Å².